The van der Waals surface area contributed by atoms with Crippen LogP contribution in [0.2, 0.25) is 0 Å². The van der Waals surface area contributed by atoms with Crippen molar-refractivity contribution >= 4 is 17.7 Å². The van der Waals surface area contributed by atoms with Crippen LogP contribution >= 0.6 is 11.8 Å². The minimum atomic E-state index is -4.59. The Hall–Kier alpha value is -2.09. The zero-order valence-electron chi connectivity index (χ0n) is 16.6. The molecule has 1 aliphatic rings. The fourth-order valence-electron chi connectivity index (χ4n) is 3.65. The van der Waals surface area contributed by atoms with Gasteiger partial charge in [-0.1, -0.05) is 42.1 Å². The number of nitrogens with zero attached hydrogens (tertiary/aromatic N) is 3. The molecule has 156 valence electrons. The van der Waals surface area contributed by atoms with Crippen LogP contribution in [-0.4, -0.2) is 38.1 Å². The van der Waals surface area contributed by atoms with E-state index in [0.29, 0.717) is 5.56 Å². The van der Waals surface area contributed by atoms with E-state index in [0.717, 1.165) is 37.1 Å². The molecular formula is C21H24F3N3OS. The Bertz CT molecular complexity index is 850. The summed E-state index contributed by atoms with van der Waals surface area (Å²) in [5.74, 6) is -0.0861. The summed E-state index contributed by atoms with van der Waals surface area (Å²) in [5.41, 5.74) is -0.248. The lowest BCUT2D eigenvalue weighted by molar-refractivity contribution is -0.141. The van der Waals surface area contributed by atoms with Gasteiger partial charge >= 0.3 is 6.18 Å². The zero-order valence-corrected chi connectivity index (χ0v) is 17.4. The number of benzene rings is 1. The van der Waals surface area contributed by atoms with Crippen LogP contribution in [0.3, 0.4) is 0 Å². The number of carbonyl (C=O) groups is 1. The van der Waals surface area contributed by atoms with E-state index in [1.54, 1.807) is 37.3 Å². The molecule has 1 aliphatic heterocycles. The second kappa shape index (κ2) is 8.73. The summed E-state index contributed by atoms with van der Waals surface area (Å²) >= 11 is 0.975. The first kappa shape index (κ1) is 21.6. The molecule has 1 saturated heterocycles. The Morgan fingerprint density at radius 2 is 1.76 bits per heavy atom. The SMILES string of the molecule is CC(Sc1nc(-c2ccccc2)cc(C(F)(F)F)n1)C(=O)N1C(C)CCCC1C. The van der Waals surface area contributed by atoms with E-state index in [-0.39, 0.29) is 28.8 Å². The largest absolute Gasteiger partial charge is 0.433 e. The summed E-state index contributed by atoms with van der Waals surface area (Å²) in [7, 11) is 0. The first-order chi connectivity index (χ1) is 13.7. The lowest BCUT2D eigenvalue weighted by atomic mass is 9.97. The van der Waals surface area contributed by atoms with Gasteiger partial charge in [0.1, 0.15) is 5.69 Å². The Balaban J connectivity index is 1.88. The first-order valence-electron chi connectivity index (χ1n) is 9.67. The average Bonchev–Trinajstić information content (AvgIpc) is 2.67. The van der Waals surface area contributed by atoms with Crippen molar-refractivity contribution in [3.05, 3.63) is 42.1 Å². The summed E-state index contributed by atoms with van der Waals surface area (Å²) in [5, 5.41) is -0.623. The van der Waals surface area contributed by atoms with Crippen molar-refractivity contribution in [3.8, 4) is 11.3 Å². The number of likely N-dealkylation sites (tertiary alicyclic amines) is 1. The smallest absolute Gasteiger partial charge is 0.336 e. The highest BCUT2D eigenvalue weighted by Gasteiger charge is 2.35. The molecule has 8 heteroatoms. The molecule has 3 unspecified atom stereocenters. The molecule has 2 heterocycles. The first-order valence-corrected chi connectivity index (χ1v) is 10.6. The van der Waals surface area contributed by atoms with Crippen molar-refractivity contribution < 1.29 is 18.0 Å². The van der Waals surface area contributed by atoms with Crippen LogP contribution in [0.15, 0.2) is 41.6 Å². The average molecular weight is 424 g/mol. The lowest BCUT2D eigenvalue weighted by Crippen LogP contribution is -2.50. The minimum absolute atomic E-state index is 0.0446. The molecule has 0 saturated carbocycles. The molecule has 1 fully saturated rings. The summed E-state index contributed by atoms with van der Waals surface area (Å²) in [4.78, 5) is 22.8. The van der Waals surface area contributed by atoms with Gasteiger partial charge < -0.3 is 4.90 Å². The van der Waals surface area contributed by atoms with Crippen LogP contribution in [0.1, 0.15) is 45.7 Å². The molecule has 0 spiro atoms. The van der Waals surface area contributed by atoms with Gasteiger partial charge in [0, 0.05) is 17.6 Å². The van der Waals surface area contributed by atoms with Crippen molar-refractivity contribution in [2.24, 2.45) is 0 Å². The molecule has 1 aromatic carbocycles. The molecule has 29 heavy (non-hydrogen) atoms. The van der Waals surface area contributed by atoms with E-state index >= 15 is 0 Å². The number of carbonyl (C=O) groups excluding carboxylic acids is 1. The van der Waals surface area contributed by atoms with E-state index < -0.39 is 17.1 Å². The van der Waals surface area contributed by atoms with Crippen molar-refractivity contribution in [2.75, 3.05) is 0 Å². The van der Waals surface area contributed by atoms with E-state index in [1.807, 2.05) is 18.7 Å². The summed E-state index contributed by atoms with van der Waals surface area (Å²) in [6.07, 6.45) is -1.65. The molecule has 4 nitrogen and oxygen atoms in total. The quantitative estimate of drug-likeness (QED) is 0.486. The maximum absolute atomic E-state index is 13.4. The van der Waals surface area contributed by atoms with Crippen LogP contribution in [-0.2, 0) is 11.0 Å². The van der Waals surface area contributed by atoms with Gasteiger partial charge in [-0.3, -0.25) is 4.79 Å². The summed E-state index contributed by atoms with van der Waals surface area (Å²) in [6, 6.07) is 9.85. The molecule has 1 amide bonds. The van der Waals surface area contributed by atoms with Gasteiger partial charge in [0.25, 0.3) is 0 Å². The Kier molecular flexibility index (Phi) is 6.51. The fraction of sp³-hybridized carbons (Fsp3) is 0.476. The summed E-state index contributed by atoms with van der Waals surface area (Å²) < 4.78 is 40.1. The van der Waals surface area contributed by atoms with Gasteiger partial charge in [-0.2, -0.15) is 13.2 Å². The van der Waals surface area contributed by atoms with Crippen molar-refractivity contribution in [3.63, 3.8) is 0 Å². The lowest BCUT2D eigenvalue weighted by Gasteiger charge is -2.40. The van der Waals surface area contributed by atoms with Crippen LogP contribution in [0.4, 0.5) is 13.2 Å². The maximum Gasteiger partial charge on any atom is 0.433 e. The third-order valence-corrected chi connectivity index (χ3v) is 6.09. The molecule has 2 aromatic rings. The van der Waals surface area contributed by atoms with Crippen molar-refractivity contribution in [1.29, 1.82) is 0 Å². The van der Waals surface area contributed by atoms with E-state index in [4.69, 9.17) is 0 Å². The molecule has 3 rings (SSSR count). The Labute approximate surface area is 172 Å². The standard InChI is InChI=1S/C21H24F3N3OS/c1-13-8-7-9-14(2)27(13)19(28)15(3)29-20-25-17(16-10-5-4-6-11-16)12-18(26-20)21(22,23)24/h4-6,10-15H,7-9H2,1-3H3. The number of hydrogen-bond donors (Lipinski definition) is 0. The monoisotopic (exact) mass is 423 g/mol. The van der Waals surface area contributed by atoms with Gasteiger partial charge in [-0.25, -0.2) is 9.97 Å². The number of amides is 1. The molecule has 0 aliphatic carbocycles. The van der Waals surface area contributed by atoms with Crippen molar-refractivity contribution in [1.82, 2.24) is 14.9 Å². The fourth-order valence-corrected chi connectivity index (χ4v) is 4.49. The molecule has 3 atom stereocenters. The third kappa shape index (κ3) is 5.10. The second-order valence-corrected chi connectivity index (χ2v) is 8.73. The number of thioether (sulfide) groups is 1. The predicted octanol–water partition coefficient (Wildman–Crippen LogP) is 5.43. The van der Waals surface area contributed by atoms with Gasteiger partial charge in [-0.05, 0) is 46.1 Å². The molecule has 0 bridgehead atoms. The number of rotatable bonds is 4. The van der Waals surface area contributed by atoms with Gasteiger partial charge in [0.05, 0.1) is 10.9 Å². The highest BCUT2D eigenvalue weighted by atomic mass is 32.2. The molecule has 0 N–H and O–H groups in total. The Morgan fingerprint density at radius 3 is 2.34 bits per heavy atom. The van der Waals surface area contributed by atoms with Crippen LogP contribution in [0.5, 0.6) is 0 Å². The molecular weight excluding hydrogens is 399 g/mol. The topological polar surface area (TPSA) is 46.1 Å². The van der Waals surface area contributed by atoms with E-state index in [1.165, 1.54) is 0 Å². The maximum atomic E-state index is 13.4. The van der Waals surface area contributed by atoms with Crippen molar-refractivity contribution in [2.45, 2.75) is 68.7 Å². The number of alkyl halides is 3. The van der Waals surface area contributed by atoms with Crippen LogP contribution < -0.4 is 0 Å². The van der Waals surface area contributed by atoms with Gasteiger partial charge in [-0.15, -0.1) is 0 Å². The number of halogens is 3. The molecule has 1 aromatic heterocycles. The Morgan fingerprint density at radius 1 is 1.14 bits per heavy atom. The third-order valence-electron chi connectivity index (χ3n) is 5.14. The molecule has 0 radical (unpaired) electrons. The summed E-state index contributed by atoms with van der Waals surface area (Å²) in [6.45, 7) is 5.73. The minimum Gasteiger partial charge on any atom is -0.336 e. The number of piperidine rings is 1. The van der Waals surface area contributed by atoms with E-state index in [9.17, 15) is 18.0 Å². The normalized spacial score (nSPS) is 21.1. The highest BCUT2D eigenvalue weighted by molar-refractivity contribution is 8.00. The predicted molar refractivity (Wildman–Crippen MR) is 107 cm³/mol. The highest BCUT2D eigenvalue weighted by Crippen LogP contribution is 2.34. The van der Waals surface area contributed by atoms with Gasteiger partial charge in [0.15, 0.2) is 5.16 Å². The van der Waals surface area contributed by atoms with Crippen LogP contribution in [0, 0.1) is 0 Å². The number of aromatic nitrogens is 2. The van der Waals surface area contributed by atoms with Gasteiger partial charge in [0.2, 0.25) is 5.91 Å². The van der Waals surface area contributed by atoms with Crippen LogP contribution in [0.25, 0.3) is 11.3 Å². The number of hydrogen-bond acceptors (Lipinski definition) is 4. The zero-order chi connectivity index (χ0) is 21.2. The second-order valence-electron chi connectivity index (χ2n) is 7.42. The van der Waals surface area contributed by atoms with E-state index in [2.05, 4.69) is 9.97 Å².